The summed E-state index contributed by atoms with van der Waals surface area (Å²) in [5.41, 5.74) is 0.586. The molecule has 0 N–H and O–H groups in total. The summed E-state index contributed by atoms with van der Waals surface area (Å²) < 4.78 is 6.74. The fourth-order valence-electron chi connectivity index (χ4n) is 3.28. The predicted octanol–water partition coefficient (Wildman–Crippen LogP) is 6.45. The Hall–Kier alpha value is -1.81. The van der Waals surface area contributed by atoms with Gasteiger partial charge in [0.15, 0.2) is 0 Å². The zero-order valence-corrected chi connectivity index (χ0v) is 17.3. The average molecular weight is 416 g/mol. The van der Waals surface area contributed by atoms with E-state index in [-0.39, 0.29) is 12.1 Å². The first kappa shape index (κ1) is 19.0. The number of hydrogen-bond donors (Lipinski definition) is 0. The Balaban J connectivity index is 1.92. The molecule has 0 spiro atoms. The molecular formula is C22H26BrNO2. The van der Waals surface area contributed by atoms with Crippen LogP contribution in [-0.4, -0.2) is 22.6 Å². The number of carbonyl (C=O) groups is 1. The van der Waals surface area contributed by atoms with Gasteiger partial charge in [-0.25, -0.2) is 4.79 Å². The first-order chi connectivity index (χ1) is 12.3. The molecule has 138 valence electrons. The number of halogens is 1. The Kier molecular flexibility index (Phi) is 5.71. The number of amides is 1. The third-order valence-electron chi connectivity index (χ3n) is 4.54. The van der Waals surface area contributed by atoms with Crippen LogP contribution in [0.25, 0.3) is 10.8 Å². The quantitative estimate of drug-likeness (QED) is 0.539. The van der Waals surface area contributed by atoms with Crippen molar-refractivity contribution < 1.29 is 9.53 Å². The molecular weight excluding hydrogens is 390 g/mol. The van der Waals surface area contributed by atoms with Crippen molar-refractivity contribution in [2.24, 2.45) is 0 Å². The van der Waals surface area contributed by atoms with E-state index in [1.54, 1.807) is 0 Å². The second-order valence-corrected chi connectivity index (χ2v) is 8.59. The molecule has 1 amide bonds. The molecule has 1 unspecified atom stereocenters. The van der Waals surface area contributed by atoms with Crippen LogP contribution in [0.4, 0.5) is 4.79 Å². The van der Waals surface area contributed by atoms with Crippen molar-refractivity contribution in [2.45, 2.75) is 58.2 Å². The highest BCUT2D eigenvalue weighted by Crippen LogP contribution is 2.30. The van der Waals surface area contributed by atoms with E-state index in [1.165, 1.54) is 5.39 Å². The normalized spacial score (nSPS) is 17.3. The molecule has 0 heterocycles. The van der Waals surface area contributed by atoms with Crippen molar-refractivity contribution in [1.29, 1.82) is 0 Å². The van der Waals surface area contributed by atoms with Crippen LogP contribution in [0.3, 0.4) is 0 Å². The van der Waals surface area contributed by atoms with E-state index in [0.29, 0.717) is 6.54 Å². The van der Waals surface area contributed by atoms with Crippen LogP contribution in [0, 0.1) is 0 Å². The summed E-state index contributed by atoms with van der Waals surface area (Å²) in [6.45, 7) is 6.25. The highest BCUT2D eigenvalue weighted by Gasteiger charge is 2.28. The number of hydrogen-bond acceptors (Lipinski definition) is 2. The van der Waals surface area contributed by atoms with Crippen molar-refractivity contribution >= 4 is 32.8 Å². The molecule has 0 bridgehead atoms. The van der Waals surface area contributed by atoms with Gasteiger partial charge in [0.05, 0.1) is 12.6 Å². The minimum Gasteiger partial charge on any atom is -0.444 e. The molecule has 0 radical (unpaired) electrons. The van der Waals surface area contributed by atoms with Gasteiger partial charge in [0.2, 0.25) is 0 Å². The van der Waals surface area contributed by atoms with Crippen molar-refractivity contribution in [1.82, 2.24) is 4.90 Å². The SMILES string of the molecule is CC(C)(C)OC(=O)N(Cc1ccc2ccccc2c1Br)C1C=CCCC1. The molecule has 1 atom stereocenters. The lowest BCUT2D eigenvalue weighted by atomic mass is 10.0. The zero-order chi connectivity index (χ0) is 18.7. The number of nitrogens with zero attached hydrogens (tertiary/aromatic N) is 1. The van der Waals surface area contributed by atoms with Gasteiger partial charge < -0.3 is 4.74 Å². The van der Waals surface area contributed by atoms with Crippen LogP contribution >= 0.6 is 15.9 Å². The molecule has 1 aliphatic carbocycles. The van der Waals surface area contributed by atoms with E-state index >= 15 is 0 Å². The maximum Gasteiger partial charge on any atom is 0.411 e. The van der Waals surface area contributed by atoms with E-state index < -0.39 is 5.60 Å². The zero-order valence-electron chi connectivity index (χ0n) is 15.7. The van der Waals surface area contributed by atoms with Gasteiger partial charge in [-0.3, -0.25) is 4.90 Å². The molecule has 0 fully saturated rings. The summed E-state index contributed by atoms with van der Waals surface area (Å²) in [7, 11) is 0. The number of carbonyl (C=O) groups excluding carboxylic acids is 1. The van der Waals surface area contributed by atoms with Crippen LogP contribution in [-0.2, 0) is 11.3 Å². The fraction of sp³-hybridized carbons (Fsp3) is 0.409. The minimum absolute atomic E-state index is 0.0805. The molecule has 2 aromatic rings. The third-order valence-corrected chi connectivity index (χ3v) is 5.48. The van der Waals surface area contributed by atoms with E-state index in [2.05, 4.69) is 52.3 Å². The maximum absolute atomic E-state index is 12.9. The molecule has 4 heteroatoms. The first-order valence-electron chi connectivity index (χ1n) is 9.17. The summed E-state index contributed by atoms with van der Waals surface area (Å²) in [4.78, 5) is 14.7. The van der Waals surface area contributed by atoms with Gasteiger partial charge in [0, 0.05) is 4.47 Å². The maximum atomic E-state index is 12.9. The van der Waals surface area contributed by atoms with Gasteiger partial charge in [-0.05, 0) is 72.3 Å². The average Bonchev–Trinajstić information content (AvgIpc) is 2.60. The van der Waals surface area contributed by atoms with Crippen LogP contribution in [0.2, 0.25) is 0 Å². The van der Waals surface area contributed by atoms with E-state index in [4.69, 9.17) is 4.74 Å². The second kappa shape index (κ2) is 7.83. The molecule has 3 rings (SSSR count). The van der Waals surface area contributed by atoms with Crippen LogP contribution < -0.4 is 0 Å². The highest BCUT2D eigenvalue weighted by atomic mass is 79.9. The van der Waals surface area contributed by atoms with Crippen LogP contribution in [0.15, 0.2) is 53.0 Å². The number of rotatable bonds is 3. The number of allylic oxidation sites excluding steroid dienone is 1. The minimum atomic E-state index is -0.506. The van der Waals surface area contributed by atoms with Gasteiger partial charge in [0.1, 0.15) is 5.60 Å². The predicted molar refractivity (Wildman–Crippen MR) is 110 cm³/mol. The number of benzene rings is 2. The van der Waals surface area contributed by atoms with E-state index in [9.17, 15) is 4.79 Å². The van der Waals surface area contributed by atoms with Gasteiger partial charge in [-0.15, -0.1) is 0 Å². The Morgan fingerprint density at radius 3 is 2.69 bits per heavy atom. The van der Waals surface area contributed by atoms with Gasteiger partial charge in [-0.2, -0.15) is 0 Å². The highest BCUT2D eigenvalue weighted by molar-refractivity contribution is 9.10. The molecule has 2 aromatic carbocycles. The first-order valence-corrected chi connectivity index (χ1v) is 9.97. The van der Waals surface area contributed by atoms with Crippen molar-refractivity contribution in [2.75, 3.05) is 0 Å². The second-order valence-electron chi connectivity index (χ2n) is 7.79. The largest absolute Gasteiger partial charge is 0.444 e. The Morgan fingerprint density at radius 2 is 2.00 bits per heavy atom. The van der Waals surface area contributed by atoms with Crippen molar-refractivity contribution in [3.8, 4) is 0 Å². The smallest absolute Gasteiger partial charge is 0.411 e. The lowest BCUT2D eigenvalue weighted by Gasteiger charge is -2.33. The number of ether oxygens (including phenoxy) is 1. The molecule has 0 saturated heterocycles. The van der Waals surface area contributed by atoms with Gasteiger partial charge in [-0.1, -0.05) is 48.6 Å². The summed E-state index contributed by atoms with van der Waals surface area (Å²) >= 11 is 3.75. The van der Waals surface area contributed by atoms with Crippen LogP contribution in [0.5, 0.6) is 0 Å². The monoisotopic (exact) mass is 415 g/mol. The summed E-state index contributed by atoms with van der Waals surface area (Å²) in [5, 5.41) is 2.35. The van der Waals surface area contributed by atoms with Gasteiger partial charge in [0.25, 0.3) is 0 Å². The summed E-state index contributed by atoms with van der Waals surface area (Å²) in [6, 6.07) is 12.5. The fourth-order valence-corrected chi connectivity index (χ4v) is 3.89. The Morgan fingerprint density at radius 1 is 1.23 bits per heavy atom. The number of fused-ring (bicyclic) bond motifs is 1. The lowest BCUT2D eigenvalue weighted by Crippen LogP contribution is -2.42. The standard InChI is InChI=1S/C22H26BrNO2/c1-22(2,3)26-21(25)24(18-10-5-4-6-11-18)15-17-14-13-16-9-7-8-12-19(16)20(17)23/h5,7-10,12-14,18H,4,6,11,15H2,1-3H3. The lowest BCUT2D eigenvalue weighted by molar-refractivity contribution is 0.0168. The molecule has 0 aliphatic heterocycles. The molecule has 0 aromatic heterocycles. The summed E-state index contributed by atoms with van der Waals surface area (Å²) in [6.07, 6.45) is 7.20. The van der Waals surface area contributed by atoms with E-state index in [1.807, 2.05) is 37.8 Å². The van der Waals surface area contributed by atoms with Gasteiger partial charge >= 0.3 is 6.09 Å². The van der Waals surface area contributed by atoms with E-state index in [0.717, 1.165) is 34.7 Å². The summed E-state index contributed by atoms with van der Waals surface area (Å²) in [5.74, 6) is 0. The molecule has 1 aliphatic rings. The Labute approximate surface area is 164 Å². The molecule has 26 heavy (non-hydrogen) atoms. The van der Waals surface area contributed by atoms with Crippen molar-refractivity contribution in [3.63, 3.8) is 0 Å². The Bertz CT molecular complexity index is 822. The molecule has 3 nitrogen and oxygen atoms in total. The third kappa shape index (κ3) is 4.47. The van der Waals surface area contributed by atoms with Crippen molar-refractivity contribution in [3.05, 3.63) is 58.6 Å². The molecule has 0 saturated carbocycles. The van der Waals surface area contributed by atoms with Crippen LogP contribution in [0.1, 0.15) is 45.6 Å². The topological polar surface area (TPSA) is 29.5 Å².